The van der Waals surface area contributed by atoms with Gasteiger partial charge in [-0.05, 0) is 36.4 Å². The van der Waals surface area contributed by atoms with Gasteiger partial charge in [-0.2, -0.15) is 0 Å². The van der Waals surface area contributed by atoms with Crippen LogP contribution in [0.3, 0.4) is 0 Å². The first-order valence-electron chi connectivity index (χ1n) is 8.94. The average Bonchev–Trinajstić information content (AvgIpc) is 3.15. The van der Waals surface area contributed by atoms with Gasteiger partial charge in [0.1, 0.15) is 17.4 Å². The second-order valence-electron chi connectivity index (χ2n) is 6.30. The highest BCUT2D eigenvalue weighted by atomic mass is 32.1. The zero-order chi connectivity index (χ0) is 20.2. The van der Waals surface area contributed by atoms with Crippen LogP contribution in [0.5, 0.6) is 5.75 Å². The van der Waals surface area contributed by atoms with Gasteiger partial charge in [0, 0.05) is 11.1 Å². The Balaban J connectivity index is 1.63. The SMILES string of the molecule is COc1cccc(C(Nc2nc3ccccc3s2)OCc2c(F)cccc2F)c1. The van der Waals surface area contributed by atoms with E-state index < -0.39 is 17.9 Å². The first kappa shape index (κ1) is 19.3. The Morgan fingerprint density at radius 3 is 2.52 bits per heavy atom. The minimum atomic E-state index is -0.676. The molecule has 0 bridgehead atoms. The molecule has 1 atom stereocenters. The zero-order valence-electron chi connectivity index (χ0n) is 15.6. The Hall–Kier alpha value is -3.03. The largest absolute Gasteiger partial charge is 0.497 e. The van der Waals surface area contributed by atoms with Gasteiger partial charge in [0.2, 0.25) is 0 Å². The van der Waals surface area contributed by atoms with E-state index in [4.69, 9.17) is 9.47 Å². The highest BCUT2D eigenvalue weighted by Gasteiger charge is 2.18. The van der Waals surface area contributed by atoms with Crippen molar-refractivity contribution in [3.05, 3.63) is 89.5 Å². The van der Waals surface area contributed by atoms with E-state index in [1.54, 1.807) is 7.11 Å². The standard InChI is InChI=1S/C22H18F2N2O2S/c1-27-15-7-4-6-14(12-15)21(28-13-16-17(23)8-5-9-18(16)24)26-22-25-19-10-2-3-11-20(19)29-22/h2-12,21H,13H2,1H3,(H,25,26). The highest BCUT2D eigenvalue weighted by Crippen LogP contribution is 2.31. The van der Waals surface area contributed by atoms with E-state index in [1.165, 1.54) is 29.5 Å². The van der Waals surface area contributed by atoms with Crippen molar-refractivity contribution < 1.29 is 18.3 Å². The molecule has 0 radical (unpaired) electrons. The molecule has 4 aromatic rings. The summed E-state index contributed by atoms with van der Waals surface area (Å²) in [6, 6.07) is 18.8. The van der Waals surface area contributed by atoms with Crippen molar-refractivity contribution in [2.24, 2.45) is 0 Å². The molecular weight excluding hydrogens is 394 g/mol. The van der Waals surface area contributed by atoms with Crippen LogP contribution in [0.1, 0.15) is 17.4 Å². The molecule has 7 heteroatoms. The lowest BCUT2D eigenvalue weighted by atomic mass is 10.1. The number of thiazole rings is 1. The summed E-state index contributed by atoms with van der Waals surface area (Å²) >= 11 is 1.48. The van der Waals surface area contributed by atoms with Crippen LogP contribution in [0.4, 0.5) is 13.9 Å². The molecule has 1 aromatic heterocycles. The van der Waals surface area contributed by atoms with Crippen LogP contribution in [0, 0.1) is 11.6 Å². The second kappa shape index (κ2) is 8.55. The number of nitrogens with zero attached hydrogens (tertiary/aromatic N) is 1. The maximum atomic E-state index is 14.0. The molecule has 0 aliphatic rings. The molecule has 0 saturated carbocycles. The van der Waals surface area contributed by atoms with Crippen molar-refractivity contribution >= 4 is 26.7 Å². The number of anilines is 1. The number of rotatable bonds is 7. The maximum Gasteiger partial charge on any atom is 0.186 e. The van der Waals surface area contributed by atoms with Gasteiger partial charge < -0.3 is 14.8 Å². The fraction of sp³-hybridized carbons (Fsp3) is 0.136. The lowest BCUT2D eigenvalue weighted by molar-refractivity contribution is 0.0550. The molecule has 29 heavy (non-hydrogen) atoms. The fourth-order valence-electron chi connectivity index (χ4n) is 2.91. The number of halogens is 2. The lowest BCUT2D eigenvalue weighted by Gasteiger charge is -2.20. The van der Waals surface area contributed by atoms with E-state index in [0.717, 1.165) is 15.8 Å². The van der Waals surface area contributed by atoms with Gasteiger partial charge in [0.15, 0.2) is 11.4 Å². The number of aromatic nitrogens is 1. The summed E-state index contributed by atoms with van der Waals surface area (Å²) in [5.41, 5.74) is 1.50. The molecule has 3 aromatic carbocycles. The van der Waals surface area contributed by atoms with Crippen LogP contribution >= 0.6 is 11.3 Å². The number of benzene rings is 3. The normalized spacial score (nSPS) is 12.1. The first-order chi connectivity index (χ1) is 14.1. The Labute approximate surface area is 170 Å². The van der Waals surface area contributed by atoms with Crippen LogP contribution in [0.15, 0.2) is 66.7 Å². The Bertz CT molecular complexity index is 1080. The summed E-state index contributed by atoms with van der Waals surface area (Å²) in [5.74, 6) is -0.636. The van der Waals surface area contributed by atoms with E-state index in [-0.39, 0.29) is 12.2 Å². The molecule has 1 unspecified atom stereocenters. The van der Waals surface area contributed by atoms with Crippen molar-refractivity contribution in [1.82, 2.24) is 4.98 Å². The van der Waals surface area contributed by atoms with Crippen LogP contribution < -0.4 is 10.1 Å². The first-order valence-corrected chi connectivity index (χ1v) is 9.76. The van der Waals surface area contributed by atoms with Crippen LogP contribution in [-0.2, 0) is 11.3 Å². The number of nitrogens with one attached hydrogen (secondary N) is 1. The van der Waals surface area contributed by atoms with Crippen molar-refractivity contribution in [1.29, 1.82) is 0 Å². The zero-order valence-corrected chi connectivity index (χ0v) is 16.4. The van der Waals surface area contributed by atoms with E-state index in [1.807, 2.05) is 48.5 Å². The van der Waals surface area contributed by atoms with Gasteiger partial charge in [-0.3, -0.25) is 0 Å². The maximum absolute atomic E-state index is 14.0. The van der Waals surface area contributed by atoms with E-state index in [9.17, 15) is 8.78 Å². The monoisotopic (exact) mass is 412 g/mol. The van der Waals surface area contributed by atoms with Gasteiger partial charge in [-0.25, -0.2) is 13.8 Å². The highest BCUT2D eigenvalue weighted by molar-refractivity contribution is 7.22. The van der Waals surface area contributed by atoms with Gasteiger partial charge in [0.25, 0.3) is 0 Å². The third-order valence-corrected chi connectivity index (χ3v) is 5.37. The summed E-state index contributed by atoms with van der Waals surface area (Å²) < 4.78 is 40.2. The smallest absolute Gasteiger partial charge is 0.186 e. The molecule has 0 saturated heterocycles. The molecule has 0 aliphatic heterocycles. The molecule has 4 rings (SSSR count). The minimum absolute atomic E-state index is 0.119. The van der Waals surface area contributed by atoms with E-state index in [2.05, 4.69) is 10.3 Å². The van der Waals surface area contributed by atoms with E-state index in [0.29, 0.717) is 10.9 Å². The predicted molar refractivity (Wildman–Crippen MR) is 110 cm³/mol. The van der Waals surface area contributed by atoms with Crippen molar-refractivity contribution in [2.45, 2.75) is 12.8 Å². The number of hydrogen-bond acceptors (Lipinski definition) is 5. The van der Waals surface area contributed by atoms with Gasteiger partial charge in [-0.1, -0.05) is 41.7 Å². The molecule has 0 aliphatic carbocycles. The summed E-state index contributed by atoms with van der Waals surface area (Å²) in [7, 11) is 1.57. The number of methoxy groups -OCH3 is 1. The van der Waals surface area contributed by atoms with Gasteiger partial charge in [-0.15, -0.1) is 0 Å². The summed E-state index contributed by atoms with van der Waals surface area (Å²) in [6.45, 7) is -0.238. The number of hydrogen-bond donors (Lipinski definition) is 1. The molecule has 0 fully saturated rings. The summed E-state index contributed by atoms with van der Waals surface area (Å²) in [6.07, 6.45) is -0.676. The third-order valence-electron chi connectivity index (χ3n) is 4.40. The summed E-state index contributed by atoms with van der Waals surface area (Å²) in [4.78, 5) is 4.56. The van der Waals surface area contributed by atoms with Crippen molar-refractivity contribution in [2.75, 3.05) is 12.4 Å². The Kier molecular flexibility index (Phi) is 5.69. The number of para-hydroxylation sites is 1. The Morgan fingerprint density at radius 1 is 1.00 bits per heavy atom. The van der Waals surface area contributed by atoms with Crippen LogP contribution in [-0.4, -0.2) is 12.1 Å². The molecular formula is C22H18F2N2O2S. The number of fused-ring (bicyclic) bond motifs is 1. The second-order valence-corrected chi connectivity index (χ2v) is 7.33. The fourth-order valence-corrected chi connectivity index (χ4v) is 3.79. The van der Waals surface area contributed by atoms with Crippen molar-refractivity contribution in [3.63, 3.8) is 0 Å². The van der Waals surface area contributed by atoms with Crippen LogP contribution in [0.25, 0.3) is 10.2 Å². The van der Waals surface area contributed by atoms with E-state index >= 15 is 0 Å². The quantitative estimate of drug-likeness (QED) is 0.383. The molecule has 4 nitrogen and oxygen atoms in total. The molecule has 148 valence electrons. The molecule has 0 amide bonds. The average molecular weight is 412 g/mol. The molecule has 1 N–H and O–H groups in total. The van der Waals surface area contributed by atoms with Crippen molar-refractivity contribution in [3.8, 4) is 5.75 Å². The number of ether oxygens (including phenoxy) is 2. The lowest BCUT2D eigenvalue weighted by Crippen LogP contribution is -2.15. The molecule has 0 spiro atoms. The molecule has 1 heterocycles. The third kappa shape index (κ3) is 4.36. The van der Waals surface area contributed by atoms with Crippen LogP contribution in [0.2, 0.25) is 0 Å². The topological polar surface area (TPSA) is 43.4 Å². The predicted octanol–water partition coefficient (Wildman–Crippen LogP) is 5.91. The Morgan fingerprint density at radius 2 is 1.76 bits per heavy atom. The summed E-state index contributed by atoms with van der Waals surface area (Å²) in [5, 5.41) is 3.88. The van der Waals surface area contributed by atoms with Gasteiger partial charge >= 0.3 is 0 Å². The van der Waals surface area contributed by atoms with Gasteiger partial charge in [0.05, 0.1) is 23.9 Å². The minimum Gasteiger partial charge on any atom is -0.497 e.